The van der Waals surface area contributed by atoms with E-state index in [1.807, 2.05) is 13.1 Å². The third-order valence-electron chi connectivity index (χ3n) is 7.45. The van der Waals surface area contributed by atoms with Crippen LogP contribution in [0, 0.1) is 5.92 Å². The smallest absolute Gasteiger partial charge is 0.243 e. The molecule has 0 bridgehead atoms. The van der Waals surface area contributed by atoms with Crippen LogP contribution >= 0.6 is 11.6 Å². The molecule has 1 fully saturated rings. The Labute approximate surface area is 216 Å². The summed E-state index contributed by atoms with van der Waals surface area (Å²) in [6.45, 7) is 10.2. The number of aliphatic imine (C=N–C) groups is 1. The molecule has 0 aromatic heterocycles. The Morgan fingerprint density at radius 1 is 1.17 bits per heavy atom. The number of rotatable bonds is 6. The molecule has 2 aliphatic heterocycles. The molecule has 1 saturated heterocycles. The van der Waals surface area contributed by atoms with E-state index >= 15 is 0 Å². The van der Waals surface area contributed by atoms with Crippen LogP contribution in [0.1, 0.15) is 66.2 Å². The molecule has 2 heterocycles. The van der Waals surface area contributed by atoms with E-state index in [1.165, 1.54) is 16.8 Å². The summed E-state index contributed by atoms with van der Waals surface area (Å²) in [4.78, 5) is 7.61. The molecule has 1 aromatic carbocycles. The van der Waals surface area contributed by atoms with Crippen molar-refractivity contribution in [1.82, 2.24) is 9.21 Å². The summed E-state index contributed by atoms with van der Waals surface area (Å²) < 4.78 is 29.2. The fourth-order valence-corrected chi connectivity index (χ4v) is 7.62. The molecule has 3 aliphatic rings. The molecular weight excluding hydrogens is 478 g/mol. The van der Waals surface area contributed by atoms with Crippen molar-refractivity contribution in [3.05, 3.63) is 64.0 Å². The van der Waals surface area contributed by atoms with Crippen molar-refractivity contribution in [2.75, 3.05) is 13.1 Å². The van der Waals surface area contributed by atoms with Gasteiger partial charge in [0.1, 0.15) is 0 Å². The number of nitrogens with zero attached hydrogens (tertiary/aromatic N) is 3. The second-order valence-electron chi connectivity index (χ2n) is 10.1. The quantitative estimate of drug-likeness (QED) is 0.429. The second kappa shape index (κ2) is 11.0. The minimum atomic E-state index is -3.61. The number of piperidine rings is 1. The maximum atomic E-state index is 13.7. The van der Waals surface area contributed by atoms with Gasteiger partial charge in [-0.2, -0.15) is 4.31 Å². The van der Waals surface area contributed by atoms with Crippen molar-refractivity contribution >= 4 is 27.8 Å². The first kappa shape index (κ1) is 26.2. The van der Waals surface area contributed by atoms with Gasteiger partial charge < -0.3 is 4.90 Å². The molecule has 2 unspecified atom stereocenters. The Bertz CT molecular complexity index is 1140. The average Bonchev–Trinajstić information content (AvgIpc) is 2.81. The van der Waals surface area contributed by atoms with Crippen LogP contribution in [0.15, 0.2) is 68.8 Å². The van der Waals surface area contributed by atoms with Gasteiger partial charge in [-0.3, -0.25) is 4.99 Å². The number of fused-ring (bicyclic) bond motifs is 1. The SMILES string of the molecule is CCC(C)N(C1CCN(C2=CCCC=NC3=C(C)CC(C)C=C23)CC1)S(=O)(=O)c1ccc(Cl)cc1. The fourth-order valence-electron chi connectivity index (χ4n) is 5.54. The summed E-state index contributed by atoms with van der Waals surface area (Å²) in [5.74, 6) is 0.495. The summed E-state index contributed by atoms with van der Waals surface area (Å²) in [5, 5.41) is 0.541. The van der Waals surface area contributed by atoms with E-state index in [2.05, 4.69) is 37.8 Å². The van der Waals surface area contributed by atoms with Gasteiger partial charge in [0, 0.05) is 47.7 Å². The van der Waals surface area contributed by atoms with Crippen LogP contribution in [0.25, 0.3) is 0 Å². The molecule has 0 radical (unpaired) electrons. The zero-order valence-electron chi connectivity index (χ0n) is 21.4. The predicted molar refractivity (Wildman–Crippen MR) is 145 cm³/mol. The van der Waals surface area contributed by atoms with Gasteiger partial charge in [-0.25, -0.2) is 8.42 Å². The maximum absolute atomic E-state index is 13.7. The predicted octanol–water partition coefficient (Wildman–Crippen LogP) is 6.58. The van der Waals surface area contributed by atoms with Crippen molar-refractivity contribution in [1.29, 1.82) is 0 Å². The van der Waals surface area contributed by atoms with Crippen LogP contribution in [0.2, 0.25) is 5.02 Å². The number of halogens is 1. The van der Waals surface area contributed by atoms with Crippen LogP contribution < -0.4 is 0 Å². The van der Waals surface area contributed by atoms with Gasteiger partial charge >= 0.3 is 0 Å². The van der Waals surface area contributed by atoms with Crippen molar-refractivity contribution in [3.63, 3.8) is 0 Å². The summed E-state index contributed by atoms with van der Waals surface area (Å²) in [7, 11) is -3.61. The molecule has 0 N–H and O–H groups in total. The molecule has 1 aliphatic carbocycles. The lowest BCUT2D eigenvalue weighted by Gasteiger charge is -2.42. The summed E-state index contributed by atoms with van der Waals surface area (Å²) in [6, 6.07) is 6.46. The summed E-state index contributed by atoms with van der Waals surface area (Å²) >= 11 is 6.02. The molecule has 190 valence electrons. The summed E-state index contributed by atoms with van der Waals surface area (Å²) in [5.41, 5.74) is 5.01. The number of hydrogen-bond acceptors (Lipinski definition) is 4. The average molecular weight is 516 g/mol. The van der Waals surface area contributed by atoms with Crippen molar-refractivity contribution < 1.29 is 8.42 Å². The number of likely N-dealkylation sites (tertiary alicyclic amines) is 1. The van der Waals surface area contributed by atoms with E-state index < -0.39 is 10.0 Å². The third kappa shape index (κ3) is 5.60. The Morgan fingerprint density at radius 3 is 2.51 bits per heavy atom. The number of hydrogen-bond donors (Lipinski definition) is 0. The highest BCUT2D eigenvalue weighted by Gasteiger charge is 2.37. The zero-order chi connectivity index (χ0) is 25.2. The first-order valence-electron chi connectivity index (χ1n) is 12.9. The topological polar surface area (TPSA) is 53.0 Å². The van der Waals surface area contributed by atoms with Gasteiger partial charge in [-0.05, 0) is 88.1 Å². The molecule has 0 amide bonds. The molecule has 4 rings (SSSR count). The molecule has 35 heavy (non-hydrogen) atoms. The van der Waals surface area contributed by atoms with Gasteiger partial charge in [0.15, 0.2) is 0 Å². The molecule has 0 saturated carbocycles. The van der Waals surface area contributed by atoms with Crippen LogP contribution in [0.3, 0.4) is 0 Å². The van der Waals surface area contributed by atoms with E-state index in [4.69, 9.17) is 16.6 Å². The van der Waals surface area contributed by atoms with Gasteiger partial charge in [0.2, 0.25) is 10.0 Å². The Hall–Kier alpha value is -1.89. The zero-order valence-corrected chi connectivity index (χ0v) is 22.9. The first-order chi connectivity index (χ1) is 16.7. The van der Waals surface area contributed by atoms with E-state index in [9.17, 15) is 8.42 Å². The van der Waals surface area contributed by atoms with Gasteiger partial charge in [-0.1, -0.05) is 37.6 Å². The standard InChI is InChI=1S/C28H38ClN3O2S/c1-5-22(4)32(35(33,34)25-11-9-23(29)10-12-25)24-13-16-31(17-14-24)27-8-6-7-15-30-28-21(3)18-20(2)19-26(27)28/h8-12,15,19-20,22,24H,5-7,13-14,16-18H2,1-4H3. The Morgan fingerprint density at radius 2 is 1.86 bits per heavy atom. The Balaban J connectivity index is 1.57. The highest BCUT2D eigenvalue weighted by atomic mass is 35.5. The van der Waals surface area contributed by atoms with Crippen LogP contribution in [-0.4, -0.2) is 49.0 Å². The highest BCUT2D eigenvalue weighted by Crippen LogP contribution is 2.37. The number of allylic oxidation sites excluding steroid dienone is 3. The monoisotopic (exact) mass is 515 g/mol. The normalized spacial score (nSPS) is 22.9. The van der Waals surface area contributed by atoms with E-state index in [0.29, 0.717) is 15.8 Å². The van der Waals surface area contributed by atoms with E-state index in [0.717, 1.165) is 57.3 Å². The molecule has 5 nitrogen and oxygen atoms in total. The highest BCUT2D eigenvalue weighted by molar-refractivity contribution is 7.89. The molecule has 7 heteroatoms. The summed E-state index contributed by atoms with van der Waals surface area (Å²) in [6.07, 6.45) is 12.1. The fraction of sp³-hybridized carbons (Fsp3) is 0.536. The molecule has 0 spiro atoms. The lowest BCUT2D eigenvalue weighted by atomic mass is 9.87. The molecule has 2 atom stereocenters. The number of benzene rings is 1. The first-order valence-corrected chi connectivity index (χ1v) is 14.7. The van der Waals surface area contributed by atoms with Crippen molar-refractivity contribution in [3.8, 4) is 0 Å². The second-order valence-corrected chi connectivity index (χ2v) is 12.4. The largest absolute Gasteiger partial charge is 0.371 e. The van der Waals surface area contributed by atoms with E-state index in [1.54, 1.807) is 28.6 Å². The van der Waals surface area contributed by atoms with Gasteiger partial charge in [0.05, 0.1) is 10.6 Å². The lowest BCUT2D eigenvalue weighted by Crippen LogP contribution is -2.50. The van der Waals surface area contributed by atoms with Crippen LogP contribution in [-0.2, 0) is 10.0 Å². The van der Waals surface area contributed by atoms with Crippen LogP contribution in [0.4, 0.5) is 0 Å². The minimum Gasteiger partial charge on any atom is -0.371 e. The third-order valence-corrected chi connectivity index (χ3v) is 9.78. The Kier molecular flexibility index (Phi) is 8.24. The van der Waals surface area contributed by atoms with Crippen molar-refractivity contribution in [2.24, 2.45) is 10.9 Å². The molecular formula is C28H38ClN3O2S. The maximum Gasteiger partial charge on any atom is 0.243 e. The van der Waals surface area contributed by atoms with Gasteiger partial charge in [-0.15, -0.1) is 0 Å². The van der Waals surface area contributed by atoms with Gasteiger partial charge in [0.25, 0.3) is 0 Å². The molecule has 1 aromatic rings. The van der Waals surface area contributed by atoms with E-state index in [-0.39, 0.29) is 12.1 Å². The minimum absolute atomic E-state index is 0.0231. The number of sulfonamides is 1. The lowest BCUT2D eigenvalue weighted by molar-refractivity contribution is 0.163. The van der Waals surface area contributed by atoms with Crippen molar-refractivity contribution in [2.45, 2.75) is 83.2 Å². The van der Waals surface area contributed by atoms with Crippen LogP contribution in [0.5, 0.6) is 0 Å².